The van der Waals surface area contributed by atoms with E-state index in [4.69, 9.17) is 23.2 Å². The maximum Gasteiger partial charge on any atom is 0.0547 e. The number of benzene rings is 1. The molecule has 19 heavy (non-hydrogen) atoms. The van der Waals surface area contributed by atoms with E-state index in [-0.39, 0.29) is 12.1 Å². The van der Waals surface area contributed by atoms with Crippen molar-refractivity contribution in [1.82, 2.24) is 15.1 Å². The minimum atomic E-state index is 0.134. The lowest BCUT2D eigenvalue weighted by molar-refractivity contribution is 0.469. The van der Waals surface area contributed by atoms with Gasteiger partial charge in [-0.25, -0.2) is 0 Å². The van der Waals surface area contributed by atoms with Crippen LogP contribution >= 0.6 is 23.2 Å². The second-order valence-electron chi connectivity index (χ2n) is 4.66. The number of nitrogens with one attached hydrogen (secondary N) is 1. The van der Waals surface area contributed by atoms with Gasteiger partial charge in [0.15, 0.2) is 0 Å². The molecule has 0 aliphatic heterocycles. The summed E-state index contributed by atoms with van der Waals surface area (Å²) in [5.74, 6) is 0. The second kappa shape index (κ2) is 5.95. The Labute approximate surface area is 123 Å². The van der Waals surface area contributed by atoms with Crippen molar-refractivity contribution >= 4 is 23.2 Å². The summed E-state index contributed by atoms with van der Waals surface area (Å²) in [5.41, 5.74) is 2.18. The molecular weight excluding hydrogens is 281 g/mol. The largest absolute Gasteiger partial charge is 0.302 e. The molecule has 0 saturated carbocycles. The Morgan fingerprint density at radius 3 is 2.47 bits per heavy atom. The van der Waals surface area contributed by atoms with E-state index in [0.717, 1.165) is 11.3 Å². The Balaban J connectivity index is 2.13. The van der Waals surface area contributed by atoms with Gasteiger partial charge in [0.25, 0.3) is 0 Å². The zero-order valence-corrected chi connectivity index (χ0v) is 12.7. The molecule has 0 aliphatic rings. The van der Waals surface area contributed by atoms with Crippen LogP contribution in [0.1, 0.15) is 37.2 Å². The van der Waals surface area contributed by atoms with Crippen molar-refractivity contribution in [1.29, 1.82) is 0 Å². The number of halogens is 2. The third kappa shape index (κ3) is 3.30. The van der Waals surface area contributed by atoms with Crippen molar-refractivity contribution in [2.45, 2.75) is 25.9 Å². The minimum Gasteiger partial charge on any atom is -0.302 e. The average molecular weight is 298 g/mol. The summed E-state index contributed by atoms with van der Waals surface area (Å²) in [6.45, 7) is 4.19. The predicted molar refractivity (Wildman–Crippen MR) is 79.6 cm³/mol. The molecule has 2 aromatic rings. The monoisotopic (exact) mass is 297 g/mol. The van der Waals surface area contributed by atoms with Gasteiger partial charge in [0.2, 0.25) is 0 Å². The minimum absolute atomic E-state index is 0.134. The smallest absolute Gasteiger partial charge is 0.0547 e. The van der Waals surface area contributed by atoms with Crippen LogP contribution in [0.2, 0.25) is 10.0 Å². The van der Waals surface area contributed by atoms with Crippen LogP contribution in [0.15, 0.2) is 30.5 Å². The fraction of sp³-hybridized carbons (Fsp3) is 0.357. The average Bonchev–Trinajstić information content (AvgIpc) is 2.75. The zero-order chi connectivity index (χ0) is 14.0. The lowest BCUT2D eigenvalue weighted by atomic mass is 10.1. The van der Waals surface area contributed by atoms with Crippen molar-refractivity contribution in [3.63, 3.8) is 0 Å². The first-order chi connectivity index (χ1) is 8.99. The summed E-state index contributed by atoms with van der Waals surface area (Å²) in [6, 6.07) is 7.91. The normalized spacial score (nSPS) is 14.4. The Hall–Kier alpha value is -1.03. The third-order valence-corrected chi connectivity index (χ3v) is 3.79. The fourth-order valence-electron chi connectivity index (χ4n) is 2.21. The molecule has 2 unspecified atom stereocenters. The van der Waals surface area contributed by atoms with Crippen molar-refractivity contribution in [3.05, 3.63) is 51.8 Å². The summed E-state index contributed by atoms with van der Waals surface area (Å²) < 4.78 is 1.87. The molecule has 3 nitrogen and oxygen atoms in total. The molecule has 1 heterocycles. The van der Waals surface area contributed by atoms with Gasteiger partial charge in [0, 0.05) is 35.4 Å². The molecule has 102 valence electrons. The van der Waals surface area contributed by atoms with Crippen LogP contribution in [0.25, 0.3) is 0 Å². The number of hydrogen-bond acceptors (Lipinski definition) is 2. The molecule has 0 fully saturated rings. The molecule has 2 atom stereocenters. The van der Waals surface area contributed by atoms with Crippen LogP contribution in [0.4, 0.5) is 0 Å². The van der Waals surface area contributed by atoms with Crippen LogP contribution in [0.5, 0.6) is 0 Å². The summed E-state index contributed by atoms with van der Waals surface area (Å²) in [5, 5.41) is 9.03. The lowest BCUT2D eigenvalue weighted by Gasteiger charge is -2.21. The first-order valence-corrected chi connectivity index (χ1v) is 6.93. The molecule has 2 rings (SSSR count). The first kappa shape index (κ1) is 14.4. The fourth-order valence-corrected chi connectivity index (χ4v) is 2.78. The second-order valence-corrected chi connectivity index (χ2v) is 5.50. The molecule has 0 aliphatic carbocycles. The van der Waals surface area contributed by atoms with E-state index < -0.39 is 0 Å². The summed E-state index contributed by atoms with van der Waals surface area (Å²) in [7, 11) is 1.94. The first-order valence-electron chi connectivity index (χ1n) is 6.18. The molecule has 1 aromatic carbocycles. The molecule has 1 aromatic heterocycles. The maximum atomic E-state index is 6.22. The van der Waals surface area contributed by atoms with Crippen molar-refractivity contribution < 1.29 is 0 Å². The highest BCUT2D eigenvalue weighted by Gasteiger charge is 2.15. The van der Waals surface area contributed by atoms with Crippen LogP contribution in [0.3, 0.4) is 0 Å². The van der Waals surface area contributed by atoms with E-state index in [1.165, 1.54) is 0 Å². The Morgan fingerprint density at radius 1 is 1.16 bits per heavy atom. The highest BCUT2D eigenvalue weighted by molar-refractivity contribution is 6.35. The van der Waals surface area contributed by atoms with E-state index in [1.807, 2.05) is 29.9 Å². The molecule has 5 heteroatoms. The topological polar surface area (TPSA) is 29.9 Å². The molecule has 0 spiro atoms. The van der Waals surface area contributed by atoms with Crippen LogP contribution in [-0.2, 0) is 7.05 Å². The van der Waals surface area contributed by atoms with Gasteiger partial charge in [-0.1, -0.05) is 29.3 Å². The van der Waals surface area contributed by atoms with E-state index >= 15 is 0 Å². The van der Waals surface area contributed by atoms with Gasteiger partial charge in [-0.2, -0.15) is 5.10 Å². The van der Waals surface area contributed by atoms with Gasteiger partial charge >= 0.3 is 0 Å². The number of nitrogens with zero attached hydrogens (tertiary/aromatic N) is 2. The van der Waals surface area contributed by atoms with E-state index in [2.05, 4.69) is 24.3 Å². The molecule has 0 amide bonds. The summed E-state index contributed by atoms with van der Waals surface area (Å²) in [4.78, 5) is 0. The van der Waals surface area contributed by atoms with Gasteiger partial charge in [-0.15, -0.1) is 0 Å². The van der Waals surface area contributed by atoms with Crippen molar-refractivity contribution in [2.75, 3.05) is 0 Å². The molecule has 1 N–H and O–H groups in total. The van der Waals surface area contributed by atoms with Crippen molar-refractivity contribution in [2.24, 2.45) is 7.05 Å². The Kier molecular flexibility index (Phi) is 4.50. The maximum absolute atomic E-state index is 6.22. The zero-order valence-electron chi connectivity index (χ0n) is 11.2. The van der Waals surface area contributed by atoms with Crippen LogP contribution in [-0.4, -0.2) is 9.78 Å². The van der Waals surface area contributed by atoms with Gasteiger partial charge in [-0.3, -0.25) is 4.68 Å². The van der Waals surface area contributed by atoms with Crippen molar-refractivity contribution in [3.8, 4) is 0 Å². The number of hydrogen-bond donors (Lipinski definition) is 1. The standard InChI is InChI=1S/C14H17Cl2N3/c1-9(12-5-4-11(15)8-13(12)16)18-10(2)14-6-7-17-19(14)3/h4-10,18H,1-3H3. The van der Waals surface area contributed by atoms with Gasteiger partial charge in [0.05, 0.1) is 5.69 Å². The Bertz CT molecular complexity index is 566. The van der Waals surface area contributed by atoms with Crippen LogP contribution < -0.4 is 5.32 Å². The van der Waals surface area contributed by atoms with E-state index in [9.17, 15) is 0 Å². The molecule has 0 saturated heterocycles. The predicted octanol–water partition coefficient (Wildman–Crippen LogP) is 4.14. The summed E-state index contributed by atoms with van der Waals surface area (Å²) in [6.07, 6.45) is 1.80. The molecular formula is C14H17Cl2N3. The number of aromatic nitrogens is 2. The molecule has 0 bridgehead atoms. The van der Waals surface area contributed by atoms with Gasteiger partial charge in [0.1, 0.15) is 0 Å². The third-order valence-electron chi connectivity index (χ3n) is 3.23. The van der Waals surface area contributed by atoms with Crippen LogP contribution in [0, 0.1) is 0 Å². The van der Waals surface area contributed by atoms with E-state index in [1.54, 1.807) is 12.3 Å². The lowest BCUT2D eigenvalue weighted by Crippen LogP contribution is -2.24. The molecule has 0 radical (unpaired) electrons. The Morgan fingerprint density at radius 2 is 1.89 bits per heavy atom. The number of aryl methyl sites for hydroxylation is 1. The SMILES string of the molecule is CC(NC(C)c1ccnn1C)c1ccc(Cl)cc1Cl. The van der Waals surface area contributed by atoms with Gasteiger partial charge < -0.3 is 5.32 Å². The summed E-state index contributed by atoms with van der Waals surface area (Å²) >= 11 is 12.1. The quantitative estimate of drug-likeness (QED) is 0.919. The number of rotatable bonds is 4. The highest BCUT2D eigenvalue weighted by atomic mass is 35.5. The van der Waals surface area contributed by atoms with E-state index in [0.29, 0.717) is 10.0 Å². The highest BCUT2D eigenvalue weighted by Crippen LogP contribution is 2.27. The van der Waals surface area contributed by atoms with Gasteiger partial charge in [-0.05, 0) is 37.6 Å².